The van der Waals surface area contributed by atoms with Crippen molar-refractivity contribution in [3.63, 3.8) is 0 Å². The van der Waals surface area contributed by atoms with Gasteiger partial charge < -0.3 is 10.4 Å². The van der Waals surface area contributed by atoms with Gasteiger partial charge >= 0.3 is 0 Å². The van der Waals surface area contributed by atoms with Crippen LogP contribution in [0.25, 0.3) is 0 Å². The number of thiocarbonyl (C=S) groups is 1. The van der Waals surface area contributed by atoms with E-state index in [1.165, 1.54) is 6.21 Å². The minimum Gasteiger partial charge on any atom is -0.505 e. The minimum absolute atomic E-state index is 0.145. The summed E-state index contributed by atoms with van der Waals surface area (Å²) in [5.74, 6) is -0.145. The summed E-state index contributed by atoms with van der Waals surface area (Å²) >= 11 is 16.8. The molecule has 0 radical (unpaired) electrons. The number of rotatable bonds is 4. The summed E-state index contributed by atoms with van der Waals surface area (Å²) in [5.41, 5.74) is 4.46. The fraction of sp³-hybridized carbons (Fsp3) is 0.0667. The molecule has 0 saturated heterocycles. The first kappa shape index (κ1) is 16.5. The molecule has 2 rings (SSSR count). The van der Waals surface area contributed by atoms with Gasteiger partial charge in [-0.15, -0.1) is 0 Å². The second kappa shape index (κ2) is 7.98. The van der Waals surface area contributed by atoms with Crippen molar-refractivity contribution in [3.05, 3.63) is 63.6 Å². The number of halogens is 2. The van der Waals surface area contributed by atoms with E-state index in [0.29, 0.717) is 17.2 Å². The highest BCUT2D eigenvalue weighted by Crippen LogP contribution is 2.32. The molecule has 0 unspecified atom stereocenters. The Morgan fingerprint density at radius 1 is 1.18 bits per heavy atom. The minimum atomic E-state index is -0.145. The van der Waals surface area contributed by atoms with Gasteiger partial charge in [0, 0.05) is 6.54 Å². The summed E-state index contributed by atoms with van der Waals surface area (Å²) in [5, 5.41) is 17.2. The molecule has 2 aromatic carbocycles. The van der Waals surface area contributed by atoms with Gasteiger partial charge in [-0.05, 0) is 35.5 Å². The van der Waals surface area contributed by atoms with Crippen LogP contribution in [0.5, 0.6) is 5.75 Å². The van der Waals surface area contributed by atoms with Crippen molar-refractivity contribution in [1.29, 1.82) is 0 Å². The molecule has 0 amide bonds. The van der Waals surface area contributed by atoms with Gasteiger partial charge in [0.2, 0.25) is 0 Å². The predicted octanol–water partition coefficient (Wildman–Crippen LogP) is 3.70. The topological polar surface area (TPSA) is 56.7 Å². The normalized spacial score (nSPS) is 10.6. The summed E-state index contributed by atoms with van der Waals surface area (Å²) < 4.78 is 0. The second-order valence-corrected chi connectivity index (χ2v) is 5.59. The monoisotopic (exact) mass is 353 g/mol. The number of phenolic OH excluding ortho intramolecular Hbond substituents is 1. The lowest BCUT2D eigenvalue weighted by Crippen LogP contribution is -2.31. The Kier molecular flexibility index (Phi) is 6.00. The molecule has 3 N–H and O–H groups in total. The Morgan fingerprint density at radius 3 is 2.45 bits per heavy atom. The van der Waals surface area contributed by atoms with E-state index >= 15 is 0 Å². The smallest absolute Gasteiger partial charge is 0.187 e. The molecule has 0 atom stereocenters. The molecule has 0 heterocycles. The molecule has 0 aliphatic rings. The largest absolute Gasteiger partial charge is 0.505 e. The molecule has 2 aromatic rings. The van der Waals surface area contributed by atoms with Gasteiger partial charge in [0.1, 0.15) is 0 Å². The molecule has 0 aromatic heterocycles. The molecule has 0 saturated carbocycles. The Morgan fingerprint density at radius 2 is 1.82 bits per heavy atom. The van der Waals surface area contributed by atoms with E-state index in [1.54, 1.807) is 12.1 Å². The van der Waals surface area contributed by atoms with E-state index in [9.17, 15) is 5.11 Å². The van der Waals surface area contributed by atoms with E-state index in [2.05, 4.69) is 15.8 Å². The van der Waals surface area contributed by atoms with E-state index in [1.807, 2.05) is 30.3 Å². The molecule has 4 nitrogen and oxygen atoms in total. The Bertz CT molecular complexity index is 669. The number of aromatic hydroxyl groups is 1. The van der Waals surface area contributed by atoms with Crippen LogP contribution in [0.2, 0.25) is 10.0 Å². The van der Waals surface area contributed by atoms with Crippen molar-refractivity contribution in [2.45, 2.75) is 6.54 Å². The fourth-order valence-corrected chi connectivity index (χ4v) is 2.27. The van der Waals surface area contributed by atoms with E-state index in [-0.39, 0.29) is 15.8 Å². The van der Waals surface area contributed by atoms with Crippen molar-refractivity contribution in [2.24, 2.45) is 5.10 Å². The number of nitrogens with zero attached hydrogens (tertiary/aromatic N) is 1. The Hall–Kier alpha value is -1.82. The molecule has 114 valence electrons. The zero-order valence-corrected chi connectivity index (χ0v) is 13.7. The molecule has 0 fully saturated rings. The van der Waals surface area contributed by atoms with Crippen molar-refractivity contribution in [1.82, 2.24) is 10.7 Å². The standard InChI is InChI=1S/C15H13Cl2N3OS/c16-12-6-11(7-13(17)14(12)21)9-19-20-15(22)18-8-10-4-2-1-3-5-10/h1-7,9,21H,8H2,(H2,18,20,22)/b19-9+. The molecular formula is C15H13Cl2N3OS. The molecular weight excluding hydrogens is 341 g/mol. The van der Waals surface area contributed by atoms with Gasteiger partial charge in [0.05, 0.1) is 16.3 Å². The van der Waals surface area contributed by atoms with Crippen LogP contribution >= 0.6 is 35.4 Å². The molecule has 0 aliphatic heterocycles. The predicted molar refractivity (Wildman–Crippen MR) is 94.7 cm³/mol. The summed E-state index contributed by atoms with van der Waals surface area (Å²) in [6.07, 6.45) is 1.51. The number of hydrazone groups is 1. The maximum Gasteiger partial charge on any atom is 0.187 e. The van der Waals surface area contributed by atoms with Gasteiger partial charge in [0.15, 0.2) is 10.9 Å². The first-order valence-corrected chi connectivity index (χ1v) is 7.51. The lowest BCUT2D eigenvalue weighted by Gasteiger charge is -2.07. The lowest BCUT2D eigenvalue weighted by atomic mass is 10.2. The number of phenols is 1. The van der Waals surface area contributed by atoms with Crippen LogP contribution in [0.15, 0.2) is 47.6 Å². The van der Waals surface area contributed by atoms with Crippen LogP contribution in [0.4, 0.5) is 0 Å². The summed E-state index contributed by atoms with van der Waals surface area (Å²) in [6, 6.07) is 13.0. The Balaban J connectivity index is 1.85. The number of hydrogen-bond donors (Lipinski definition) is 3. The number of benzene rings is 2. The summed E-state index contributed by atoms with van der Waals surface area (Å²) in [4.78, 5) is 0. The maximum absolute atomic E-state index is 9.47. The van der Waals surface area contributed by atoms with Crippen LogP contribution in [-0.2, 0) is 6.54 Å². The zero-order chi connectivity index (χ0) is 15.9. The van der Waals surface area contributed by atoms with Crippen LogP contribution in [0.1, 0.15) is 11.1 Å². The average Bonchev–Trinajstić information content (AvgIpc) is 2.51. The third-order valence-corrected chi connectivity index (χ3v) is 3.53. The molecule has 7 heteroatoms. The zero-order valence-electron chi connectivity index (χ0n) is 11.4. The first-order chi connectivity index (χ1) is 10.6. The second-order valence-electron chi connectivity index (χ2n) is 4.37. The van der Waals surface area contributed by atoms with Gasteiger partial charge in [-0.1, -0.05) is 53.5 Å². The van der Waals surface area contributed by atoms with Crippen LogP contribution < -0.4 is 10.7 Å². The van der Waals surface area contributed by atoms with E-state index in [4.69, 9.17) is 35.4 Å². The van der Waals surface area contributed by atoms with Gasteiger partial charge in [-0.3, -0.25) is 5.43 Å². The van der Waals surface area contributed by atoms with Crippen molar-refractivity contribution < 1.29 is 5.11 Å². The summed E-state index contributed by atoms with van der Waals surface area (Å²) in [6.45, 7) is 0.610. The van der Waals surface area contributed by atoms with Crippen LogP contribution in [0.3, 0.4) is 0 Å². The summed E-state index contributed by atoms with van der Waals surface area (Å²) in [7, 11) is 0. The number of hydrogen-bond acceptors (Lipinski definition) is 3. The van der Waals surface area contributed by atoms with E-state index < -0.39 is 0 Å². The van der Waals surface area contributed by atoms with Crippen molar-refractivity contribution in [3.8, 4) is 5.75 Å². The molecule has 0 aliphatic carbocycles. The third-order valence-electron chi connectivity index (χ3n) is 2.71. The van der Waals surface area contributed by atoms with Crippen molar-refractivity contribution >= 4 is 46.7 Å². The average molecular weight is 354 g/mol. The quantitative estimate of drug-likeness (QED) is 0.445. The number of nitrogens with one attached hydrogen (secondary N) is 2. The first-order valence-electron chi connectivity index (χ1n) is 6.35. The van der Waals surface area contributed by atoms with Gasteiger partial charge in [-0.25, -0.2) is 0 Å². The lowest BCUT2D eigenvalue weighted by molar-refractivity contribution is 0.476. The highest BCUT2D eigenvalue weighted by molar-refractivity contribution is 7.80. The molecule has 22 heavy (non-hydrogen) atoms. The molecule has 0 bridgehead atoms. The molecule has 0 spiro atoms. The van der Waals surface area contributed by atoms with E-state index in [0.717, 1.165) is 5.56 Å². The fourth-order valence-electron chi connectivity index (χ4n) is 1.64. The highest BCUT2D eigenvalue weighted by atomic mass is 35.5. The van der Waals surface area contributed by atoms with Crippen LogP contribution in [0, 0.1) is 0 Å². The Labute approximate surface area is 143 Å². The third kappa shape index (κ3) is 4.87. The van der Waals surface area contributed by atoms with Gasteiger partial charge in [-0.2, -0.15) is 5.10 Å². The maximum atomic E-state index is 9.47. The highest BCUT2D eigenvalue weighted by Gasteiger charge is 2.05. The SMILES string of the molecule is Oc1c(Cl)cc(/C=N/NC(=S)NCc2ccccc2)cc1Cl. The van der Waals surface area contributed by atoms with Gasteiger partial charge in [0.25, 0.3) is 0 Å². The van der Waals surface area contributed by atoms with Crippen molar-refractivity contribution in [2.75, 3.05) is 0 Å². The van der Waals surface area contributed by atoms with Crippen LogP contribution in [-0.4, -0.2) is 16.4 Å².